The molecular weight excluding hydrogens is 326 g/mol. The van der Waals surface area contributed by atoms with Crippen molar-refractivity contribution < 1.29 is 9.59 Å². The highest BCUT2D eigenvalue weighted by Gasteiger charge is 2.23. The molecule has 2 aliphatic rings. The average Bonchev–Trinajstić information content (AvgIpc) is 2.94. The van der Waals surface area contributed by atoms with Crippen LogP contribution in [0.5, 0.6) is 0 Å². The van der Waals surface area contributed by atoms with E-state index in [1.807, 2.05) is 40.1 Å². The molecule has 5 heteroatoms. The summed E-state index contributed by atoms with van der Waals surface area (Å²) < 4.78 is 0. The zero-order chi connectivity index (χ0) is 18.2. The number of amides is 3. The number of rotatable bonds is 4. The molecule has 0 radical (unpaired) electrons. The zero-order valence-corrected chi connectivity index (χ0v) is 15.7. The quantitative estimate of drug-likeness (QED) is 0.900. The van der Waals surface area contributed by atoms with Gasteiger partial charge in [0.2, 0.25) is 5.91 Å². The summed E-state index contributed by atoms with van der Waals surface area (Å²) in [7, 11) is 0. The van der Waals surface area contributed by atoms with Gasteiger partial charge in [0.1, 0.15) is 0 Å². The van der Waals surface area contributed by atoms with Crippen LogP contribution in [0.25, 0.3) is 0 Å². The summed E-state index contributed by atoms with van der Waals surface area (Å²) in [6.45, 7) is 3.51. The predicted molar refractivity (Wildman–Crippen MR) is 103 cm³/mol. The van der Waals surface area contributed by atoms with Crippen LogP contribution in [-0.4, -0.2) is 54.5 Å². The van der Waals surface area contributed by atoms with Crippen LogP contribution in [-0.2, 0) is 11.2 Å². The SMILES string of the molecule is O=C(Cc1ccccc1)N1CCCN(C(=O)NCC2CCCCC2)CC1. The van der Waals surface area contributed by atoms with Gasteiger partial charge in [-0.2, -0.15) is 0 Å². The summed E-state index contributed by atoms with van der Waals surface area (Å²) >= 11 is 0. The first kappa shape index (κ1) is 18.7. The first-order chi connectivity index (χ1) is 12.7. The summed E-state index contributed by atoms with van der Waals surface area (Å²) in [5.74, 6) is 0.796. The lowest BCUT2D eigenvalue weighted by Crippen LogP contribution is -2.44. The van der Waals surface area contributed by atoms with Crippen molar-refractivity contribution >= 4 is 11.9 Å². The Morgan fingerprint density at radius 3 is 2.35 bits per heavy atom. The second kappa shape index (κ2) is 9.60. The number of urea groups is 1. The Morgan fingerprint density at radius 2 is 1.58 bits per heavy atom. The fourth-order valence-corrected chi connectivity index (χ4v) is 3.99. The van der Waals surface area contributed by atoms with E-state index in [0.717, 1.165) is 31.6 Å². The molecule has 1 N–H and O–H groups in total. The number of hydrogen-bond donors (Lipinski definition) is 1. The molecule has 1 aliphatic carbocycles. The van der Waals surface area contributed by atoms with Crippen LogP contribution in [0.3, 0.4) is 0 Å². The molecule has 1 saturated carbocycles. The van der Waals surface area contributed by atoms with Crippen molar-refractivity contribution in [1.82, 2.24) is 15.1 Å². The van der Waals surface area contributed by atoms with Crippen molar-refractivity contribution in [3.05, 3.63) is 35.9 Å². The minimum absolute atomic E-state index is 0.0351. The highest BCUT2D eigenvalue weighted by molar-refractivity contribution is 5.79. The van der Waals surface area contributed by atoms with Gasteiger partial charge >= 0.3 is 6.03 Å². The number of hydrogen-bond acceptors (Lipinski definition) is 2. The van der Waals surface area contributed by atoms with Gasteiger partial charge in [-0.05, 0) is 30.7 Å². The Morgan fingerprint density at radius 1 is 0.885 bits per heavy atom. The maximum Gasteiger partial charge on any atom is 0.317 e. The first-order valence-corrected chi connectivity index (χ1v) is 10.1. The van der Waals surface area contributed by atoms with E-state index < -0.39 is 0 Å². The second-order valence-corrected chi connectivity index (χ2v) is 7.57. The summed E-state index contributed by atoms with van der Waals surface area (Å²) in [5, 5.41) is 3.12. The molecule has 1 saturated heterocycles. The number of nitrogens with one attached hydrogen (secondary N) is 1. The fourth-order valence-electron chi connectivity index (χ4n) is 3.99. The van der Waals surface area contributed by atoms with Crippen molar-refractivity contribution in [2.45, 2.75) is 44.9 Å². The summed E-state index contributed by atoms with van der Waals surface area (Å²) in [6, 6.07) is 9.89. The maximum absolute atomic E-state index is 12.5. The van der Waals surface area contributed by atoms with E-state index in [-0.39, 0.29) is 11.9 Å². The largest absolute Gasteiger partial charge is 0.341 e. The van der Waals surface area contributed by atoms with Crippen LogP contribution in [0, 0.1) is 5.92 Å². The van der Waals surface area contributed by atoms with Gasteiger partial charge < -0.3 is 15.1 Å². The molecule has 0 unspecified atom stereocenters. The lowest BCUT2D eigenvalue weighted by atomic mass is 9.89. The Balaban J connectivity index is 1.43. The van der Waals surface area contributed by atoms with Gasteiger partial charge in [0.15, 0.2) is 0 Å². The first-order valence-electron chi connectivity index (χ1n) is 10.1. The topological polar surface area (TPSA) is 52.7 Å². The van der Waals surface area contributed by atoms with Gasteiger partial charge in [-0.15, -0.1) is 0 Å². The van der Waals surface area contributed by atoms with Gasteiger partial charge in [0.25, 0.3) is 0 Å². The van der Waals surface area contributed by atoms with Crippen LogP contribution < -0.4 is 5.32 Å². The predicted octanol–water partition coefficient (Wildman–Crippen LogP) is 3.05. The Labute approximate surface area is 156 Å². The molecule has 0 atom stereocenters. The summed E-state index contributed by atoms with van der Waals surface area (Å²) in [6.07, 6.45) is 7.69. The Bertz CT molecular complexity index is 584. The number of carbonyl (C=O) groups is 2. The molecule has 1 heterocycles. The Hall–Kier alpha value is -2.04. The molecule has 3 amide bonds. The van der Waals surface area contributed by atoms with Crippen LogP contribution in [0.4, 0.5) is 4.79 Å². The normalized spacial score (nSPS) is 19.1. The second-order valence-electron chi connectivity index (χ2n) is 7.57. The van der Waals surface area contributed by atoms with Crippen LogP contribution in [0.1, 0.15) is 44.1 Å². The molecule has 0 bridgehead atoms. The van der Waals surface area contributed by atoms with E-state index >= 15 is 0 Å². The molecule has 26 heavy (non-hydrogen) atoms. The van der Waals surface area contributed by atoms with Crippen molar-refractivity contribution in [1.29, 1.82) is 0 Å². The molecular formula is C21H31N3O2. The van der Waals surface area contributed by atoms with Gasteiger partial charge in [-0.1, -0.05) is 49.6 Å². The minimum Gasteiger partial charge on any atom is -0.341 e. The molecule has 5 nitrogen and oxygen atoms in total. The van der Waals surface area contributed by atoms with E-state index in [2.05, 4.69) is 5.32 Å². The van der Waals surface area contributed by atoms with Crippen LogP contribution >= 0.6 is 0 Å². The third-order valence-electron chi connectivity index (χ3n) is 5.60. The van der Waals surface area contributed by atoms with E-state index in [0.29, 0.717) is 25.4 Å². The van der Waals surface area contributed by atoms with Crippen molar-refractivity contribution in [2.75, 3.05) is 32.7 Å². The molecule has 0 aromatic heterocycles. The molecule has 3 rings (SSSR count). The minimum atomic E-state index is 0.0351. The zero-order valence-electron chi connectivity index (χ0n) is 15.7. The molecule has 1 aromatic carbocycles. The van der Waals surface area contributed by atoms with Crippen molar-refractivity contribution in [3.63, 3.8) is 0 Å². The molecule has 1 aliphatic heterocycles. The lowest BCUT2D eigenvalue weighted by Gasteiger charge is -2.25. The number of nitrogens with zero attached hydrogens (tertiary/aromatic N) is 2. The maximum atomic E-state index is 12.5. The van der Waals surface area contributed by atoms with Gasteiger partial charge in [-0.25, -0.2) is 4.79 Å². The number of carbonyl (C=O) groups excluding carboxylic acids is 2. The summed E-state index contributed by atoms with van der Waals surface area (Å²) in [4.78, 5) is 28.8. The van der Waals surface area contributed by atoms with E-state index in [1.165, 1.54) is 32.1 Å². The standard InChI is InChI=1S/C21H31N3O2/c25-20(16-18-8-3-1-4-9-18)23-12-7-13-24(15-14-23)21(26)22-17-19-10-5-2-6-11-19/h1,3-4,8-9,19H,2,5-7,10-17H2,(H,22,26). The number of benzene rings is 1. The average molecular weight is 357 g/mol. The van der Waals surface area contributed by atoms with Gasteiger partial charge in [0.05, 0.1) is 6.42 Å². The highest BCUT2D eigenvalue weighted by atomic mass is 16.2. The third kappa shape index (κ3) is 5.48. The molecule has 1 aromatic rings. The van der Waals surface area contributed by atoms with Crippen LogP contribution in [0.2, 0.25) is 0 Å². The fraction of sp³-hybridized carbons (Fsp3) is 0.619. The molecule has 2 fully saturated rings. The van der Waals surface area contributed by atoms with Gasteiger partial charge in [0, 0.05) is 32.7 Å². The third-order valence-corrected chi connectivity index (χ3v) is 5.60. The Kier molecular flexibility index (Phi) is 6.92. The monoisotopic (exact) mass is 357 g/mol. The van der Waals surface area contributed by atoms with Crippen LogP contribution in [0.15, 0.2) is 30.3 Å². The smallest absolute Gasteiger partial charge is 0.317 e. The van der Waals surface area contributed by atoms with E-state index in [9.17, 15) is 9.59 Å². The molecule has 0 spiro atoms. The van der Waals surface area contributed by atoms with Gasteiger partial charge in [-0.3, -0.25) is 4.79 Å². The summed E-state index contributed by atoms with van der Waals surface area (Å²) in [5.41, 5.74) is 1.05. The molecule has 142 valence electrons. The van der Waals surface area contributed by atoms with Crippen molar-refractivity contribution in [3.8, 4) is 0 Å². The van der Waals surface area contributed by atoms with E-state index in [1.54, 1.807) is 0 Å². The van der Waals surface area contributed by atoms with E-state index in [4.69, 9.17) is 0 Å². The van der Waals surface area contributed by atoms with Crippen molar-refractivity contribution in [2.24, 2.45) is 5.92 Å². The lowest BCUT2D eigenvalue weighted by molar-refractivity contribution is -0.130. The highest BCUT2D eigenvalue weighted by Crippen LogP contribution is 2.22.